The van der Waals surface area contributed by atoms with E-state index in [-0.39, 0.29) is 24.7 Å². The number of rotatable bonds is 3. The molecule has 2 aliphatic rings. The lowest BCUT2D eigenvalue weighted by Gasteiger charge is -2.18. The molecular formula is C13H13NO8. The van der Waals surface area contributed by atoms with E-state index in [0.717, 1.165) is 0 Å². The highest BCUT2D eigenvalue weighted by atomic mass is 16.7. The minimum Gasteiger partial charge on any atom is -0.449 e. The Morgan fingerprint density at radius 2 is 2.05 bits per heavy atom. The summed E-state index contributed by atoms with van der Waals surface area (Å²) in [6.45, 7) is 0.263. The smallest absolute Gasteiger partial charge is 0.449 e. The molecule has 2 aliphatic heterocycles. The second-order valence-electron chi connectivity index (χ2n) is 5.12. The highest BCUT2D eigenvalue weighted by Gasteiger charge is 2.48. The number of carbonyl (C=O) groups is 1. The molecule has 0 saturated carbocycles. The number of non-ortho nitro benzene ring substituents is 1. The van der Waals surface area contributed by atoms with Crippen LogP contribution in [0.4, 0.5) is 10.5 Å². The van der Waals surface area contributed by atoms with Crippen LogP contribution in [0.15, 0.2) is 18.2 Å². The molecule has 118 valence electrons. The van der Waals surface area contributed by atoms with Crippen LogP contribution >= 0.6 is 0 Å². The summed E-state index contributed by atoms with van der Waals surface area (Å²) in [7, 11) is 0. The van der Waals surface area contributed by atoms with Crippen LogP contribution in [0.3, 0.4) is 0 Å². The topological polar surface area (TPSA) is 128 Å². The first-order valence-electron chi connectivity index (χ1n) is 6.57. The first-order chi connectivity index (χ1) is 10.5. The minimum absolute atomic E-state index is 0.00246. The monoisotopic (exact) mass is 311 g/mol. The van der Waals surface area contributed by atoms with Crippen LogP contribution in [0, 0.1) is 10.1 Å². The fourth-order valence-corrected chi connectivity index (χ4v) is 2.87. The Morgan fingerprint density at radius 3 is 2.73 bits per heavy atom. The van der Waals surface area contributed by atoms with Crippen molar-refractivity contribution in [2.45, 2.75) is 24.2 Å². The summed E-state index contributed by atoms with van der Waals surface area (Å²) < 4.78 is 15.6. The van der Waals surface area contributed by atoms with Crippen LogP contribution in [0.5, 0.6) is 5.75 Å². The second-order valence-corrected chi connectivity index (χ2v) is 5.12. The van der Waals surface area contributed by atoms with E-state index in [1.54, 1.807) is 0 Å². The molecule has 2 fully saturated rings. The van der Waals surface area contributed by atoms with Gasteiger partial charge < -0.3 is 24.4 Å². The molecule has 2 saturated heterocycles. The number of fused-ring (bicyclic) bond motifs is 1. The van der Waals surface area contributed by atoms with Crippen LogP contribution in [0.25, 0.3) is 0 Å². The quantitative estimate of drug-likeness (QED) is 0.364. The number of aliphatic hydroxyl groups is 1. The van der Waals surface area contributed by atoms with Crippen molar-refractivity contribution < 1.29 is 34.1 Å². The van der Waals surface area contributed by atoms with Crippen molar-refractivity contribution in [3.05, 3.63) is 33.9 Å². The standard InChI is InChI=1S/C13H13NO8/c15-9-5-21-11-8(4-20-12(9)11)7-3-6(14(18)19)1-2-10(7)22-13(16)17/h1-3,8-9,11-12,15H,4-5H2,(H,16,17)/t8-,9+,11+,12+/m0/s1. The number of benzene rings is 1. The lowest BCUT2D eigenvalue weighted by atomic mass is 9.92. The molecule has 3 rings (SSSR count). The molecule has 1 aromatic rings. The molecule has 0 amide bonds. The molecule has 9 nitrogen and oxygen atoms in total. The lowest BCUT2D eigenvalue weighted by molar-refractivity contribution is -0.385. The Labute approximate surface area is 124 Å². The molecule has 0 aromatic heterocycles. The molecular weight excluding hydrogens is 298 g/mol. The van der Waals surface area contributed by atoms with Gasteiger partial charge in [-0.25, -0.2) is 4.79 Å². The van der Waals surface area contributed by atoms with Gasteiger partial charge >= 0.3 is 6.16 Å². The summed E-state index contributed by atoms with van der Waals surface area (Å²) in [5, 5.41) is 29.4. The maximum atomic E-state index is 10.9. The lowest BCUT2D eigenvalue weighted by Crippen LogP contribution is -2.28. The highest BCUT2D eigenvalue weighted by Crippen LogP contribution is 2.42. The van der Waals surface area contributed by atoms with Crippen LogP contribution in [-0.4, -0.2) is 52.8 Å². The molecule has 1 aromatic carbocycles. The second kappa shape index (κ2) is 5.52. The van der Waals surface area contributed by atoms with Crippen LogP contribution in [0.2, 0.25) is 0 Å². The van der Waals surface area contributed by atoms with Crippen molar-refractivity contribution in [1.82, 2.24) is 0 Å². The van der Waals surface area contributed by atoms with Gasteiger partial charge in [0.05, 0.1) is 24.2 Å². The Kier molecular flexibility index (Phi) is 3.69. The van der Waals surface area contributed by atoms with E-state index in [0.29, 0.717) is 5.56 Å². The summed E-state index contributed by atoms with van der Waals surface area (Å²) in [4.78, 5) is 21.1. The average molecular weight is 311 g/mol. The molecule has 2 heterocycles. The third kappa shape index (κ3) is 2.49. The van der Waals surface area contributed by atoms with E-state index in [1.165, 1.54) is 18.2 Å². The number of ether oxygens (including phenoxy) is 3. The van der Waals surface area contributed by atoms with Crippen LogP contribution < -0.4 is 4.74 Å². The summed E-state index contributed by atoms with van der Waals surface area (Å²) in [6.07, 6.45) is -3.30. The molecule has 0 unspecified atom stereocenters. The largest absolute Gasteiger partial charge is 0.511 e. The van der Waals surface area contributed by atoms with Crippen LogP contribution in [-0.2, 0) is 9.47 Å². The van der Waals surface area contributed by atoms with Crippen molar-refractivity contribution >= 4 is 11.8 Å². The summed E-state index contributed by atoms with van der Waals surface area (Å²) in [6, 6.07) is 3.66. The zero-order valence-electron chi connectivity index (χ0n) is 11.2. The third-order valence-corrected chi connectivity index (χ3v) is 3.83. The normalized spacial score (nSPS) is 30.0. The number of nitro groups is 1. The van der Waals surface area contributed by atoms with Gasteiger partial charge in [-0.05, 0) is 6.07 Å². The van der Waals surface area contributed by atoms with Gasteiger partial charge in [0.25, 0.3) is 5.69 Å². The van der Waals surface area contributed by atoms with Crippen molar-refractivity contribution in [1.29, 1.82) is 0 Å². The highest BCUT2D eigenvalue weighted by molar-refractivity contribution is 5.63. The Morgan fingerprint density at radius 1 is 1.32 bits per heavy atom. The van der Waals surface area contributed by atoms with E-state index < -0.39 is 35.3 Å². The van der Waals surface area contributed by atoms with E-state index in [4.69, 9.17) is 14.6 Å². The van der Waals surface area contributed by atoms with Crippen LogP contribution in [0.1, 0.15) is 11.5 Å². The Hall–Kier alpha value is -2.23. The molecule has 0 spiro atoms. The van der Waals surface area contributed by atoms with Gasteiger partial charge in [0, 0.05) is 23.6 Å². The van der Waals surface area contributed by atoms with Gasteiger partial charge in [-0.1, -0.05) is 0 Å². The number of hydrogen-bond acceptors (Lipinski definition) is 7. The Balaban J connectivity index is 1.98. The number of aliphatic hydroxyl groups excluding tert-OH is 1. The molecule has 9 heteroatoms. The number of nitro benzene ring substituents is 1. The van der Waals surface area contributed by atoms with Crippen molar-refractivity contribution in [2.75, 3.05) is 13.2 Å². The van der Waals surface area contributed by atoms with Crippen molar-refractivity contribution in [3.8, 4) is 5.75 Å². The fourth-order valence-electron chi connectivity index (χ4n) is 2.87. The summed E-state index contributed by atoms with van der Waals surface area (Å²) >= 11 is 0. The Bertz CT molecular complexity index is 618. The zero-order valence-corrected chi connectivity index (χ0v) is 11.2. The van der Waals surface area contributed by atoms with Gasteiger partial charge in [0.2, 0.25) is 0 Å². The third-order valence-electron chi connectivity index (χ3n) is 3.83. The van der Waals surface area contributed by atoms with Crippen molar-refractivity contribution in [2.24, 2.45) is 0 Å². The molecule has 0 bridgehead atoms. The number of nitrogens with zero attached hydrogens (tertiary/aromatic N) is 1. The minimum atomic E-state index is -1.52. The van der Waals surface area contributed by atoms with E-state index >= 15 is 0 Å². The molecule has 2 N–H and O–H groups in total. The predicted octanol–water partition coefficient (Wildman–Crippen LogP) is 0.894. The van der Waals surface area contributed by atoms with Gasteiger partial charge in [0.15, 0.2) is 0 Å². The van der Waals surface area contributed by atoms with Gasteiger partial charge in [-0.2, -0.15) is 0 Å². The number of carboxylic acid groups (broad SMARTS) is 1. The molecule has 22 heavy (non-hydrogen) atoms. The first kappa shape index (κ1) is 14.7. The summed E-state index contributed by atoms with van der Waals surface area (Å²) in [5.41, 5.74) is 0.132. The summed E-state index contributed by atoms with van der Waals surface area (Å²) in [5.74, 6) is -0.450. The van der Waals surface area contributed by atoms with Crippen molar-refractivity contribution in [3.63, 3.8) is 0 Å². The van der Waals surface area contributed by atoms with Gasteiger partial charge in [-0.3, -0.25) is 10.1 Å². The molecule has 0 aliphatic carbocycles. The van der Waals surface area contributed by atoms with Gasteiger partial charge in [0.1, 0.15) is 18.0 Å². The maximum absolute atomic E-state index is 10.9. The maximum Gasteiger partial charge on any atom is 0.511 e. The SMILES string of the molecule is O=C(O)Oc1ccc([N+](=O)[O-])cc1[C@@H]1CO[C@H]2[C@@H]1OC[C@H]2O. The number of hydrogen-bond donors (Lipinski definition) is 2. The molecule has 4 atom stereocenters. The average Bonchev–Trinajstić information content (AvgIpc) is 3.02. The fraction of sp³-hybridized carbons (Fsp3) is 0.462. The van der Waals surface area contributed by atoms with E-state index in [1.807, 2.05) is 0 Å². The van der Waals surface area contributed by atoms with Gasteiger partial charge in [-0.15, -0.1) is 0 Å². The van der Waals surface area contributed by atoms with E-state index in [9.17, 15) is 20.0 Å². The zero-order chi connectivity index (χ0) is 15.9. The van der Waals surface area contributed by atoms with E-state index in [2.05, 4.69) is 4.74 Å². The predicted molar refractivity (Wildman–Crippen MR) is 70.0 cm³/mol. The molecule has 0 radical (unpaired) electrons. The first-order valence-corrected chi connectivity index (χ1v) is 6.57.